The zero-order valence-electron chi connectivity index (χ0n) is 8.24. The largest absolute Gasteiger partial charge is 0.252 e. The Morgan fingerprint density at radius 2 is 1.71 bits per heavy atom. The summed E-state index contributed by atoms with van der Waals surface area (Å²) in [5, 5.41) is 0. The lowest BCUT2D eigenvalue weighted by Crippen LogP contribution is -2.12. The molecule has 0 amide bonds. The van der Waals surface area contributed by atoms with Crippen molar-refractivity contribution in [3.05, 3.63) is 30.3 Å². The topological polar surface area (TPSA) is 17.1 Å². The Morgan fingerprint density at radius 3 is 2.14 bits per heavy atom. The average Bonchev–Trinajstić information content (AvgIpc) is 2.71. The molecule has 0 bridgehead atoms. The van der Waals surface area contributed by atoms with Gasteiger partial charge in [-0.1, -0.05) is 32.0 Å². The van der Waals surface area contributed by atoms with Crippen LogP contribution in [-0.2, 0) is 10.8 Å². The van der Waals surface area contributed by atoms with Crippen molar-refractivity contribution in [1.82, 2.24) is 0 Å². The molecule has 0 spiro atoms. The van der Waals surface area contributed by atoms with Gasteiger partial charge in [0.05, 0.1) is 10.8 Å². The van der Waals surface area contributed by atoms with Crippen molar-refractivity contribution >= 4 is 22.4 Å². The smallest absolute Gasteiger partial charge is 0.130 e. The van der Waals surface area contributed by atoms with Crippen LogP contribution in [0.3, 0.4) is 0 Å². The van der Waals surface area contributed by atoms with E-state index in [2.05, 4.69) is 13.8 Å². The van der Waals surface area contributed by atoms with E-state index in [9.17, 15) is 4.21 Å². The Morgan fingerprint density at radius 1 is 1.21 bits per heavy atom. The first-order valence-electron chi connectivity index (χ1n) is 4.74. The average molecular weight is 229 g/mol. The molecule has 1 nitrogen and oxygen atoms in total. The number of benzene rings is 1. The van der Waals surface area contributed by atoms with Crippen molar-refractivity contribution < 1.29 is 4.21 Å². The van der Waals surface area contributed by atoms with E-state index in [1.807, 2.05) is 30.3 Å². The van der Waals surface area contributed by atoms with Gasteiger partial charge in [0, 0.05) is 4.90 Å². The third-order valence-corrected chi connectivity index (χ3v) is 6.25. The van der Waals surface area contributed by atoms with Crippen molar-refractivity contribution in [2.24, 2.45) is 11.8 Å². The van der Waals surface area contributed by atoms with E-state index < -0.39 is 15.0 Å². The van der Waals surface area contributed by atoms with Crippen LogP contribution in [0.1, 0.15) is 13.8 Å². The molecular formula is C11H13ClOS. The molecule has 0 N–H and O–H groups in total. The highest BCUT2D eigenvalue weighted by molar-refractivity contribution is 7.88. The summed E-state index contributed by atoms with van der Waals surface area (Å²) in [6.45, 7) is 4.11. The Bertz CT molecular complexity index is 355. The van der Waals surface area contributed by atoms with Crippen molar-refractivity contribution in [2.75, 3.05) is 0 Å². The first-order valence-corrected chi connectivity index (χ1v) is 6.27. The summed E-state index contributed by atoms with van der Waals surface area (Å²) >= 11 is 6.33. The van der Waals surface area contributed by atoms with Crippen LogP contribution in [0, 0.1) is 11.8 Å². The standard InChI is InChI=1S/C11H13ClOS/c1-8-9(2)11(8,12)14(13)10-6-4-3-5-7-10/h3-9H,1-2H3/t8-,9+,11?,14-/m0/s1. The number of rotatable bonds is 2. The normalized spacial score (nSPS) is 37.9. The number of alkyl halides is 1. The Balaban J connectivity index is 2.27. The van der Waals surface area contributed by atoms with Gasteiger partial charge in [-0.2, -0.15) is 0 Å². The molecule has 76 valence electrons. The van der Waals surface area contributed by atoms with Crippen LogP contribution < -0.4 is 0 Å². The fourth-order valence-electron chi connectivity index (χ4n) is 1.75. The third kappa shape index (κ3) is 1.32. The van der Waals surface area contributed by atoms with Crippen LogP contribution in [0.4, 0.5) is 0 Å². The number of hydrogen-bond acceptors (Lipinski definition) is 1. The second kappa shape index (κ2) is 3.35. The molecule has 0 aliphatic heterocycles. The predicted molar refractivity (Wildman–Crippen MR) is 59.8 cm³/mol. The van der Waals surface area contributed by atoms with E-state index in [1.54, 1.807) is 0 Å². The van der Waals surface area contributed by atoms with Gasteiger partial charge in [-0.25, -0.2) is 0 Å². The molecule has 0 radical (unpaired) electrons. The second-order valence-electron chi connectivity index (χ2n) is 3.86. The van der Waals surface area contributed by atoms with Crippen molar-refractivity contribution in [2.45, 2.75) is 22.9 Å². The molecule has 1 unspecified atom stereocenters. The molecule has 1 aliphatic rings. The van der Waals surface area contributed by atoms with Crippen molar-refractivity contribution in [3.8, 4) is 0 Å². The fraction of sp³-hybridized carbons (Fsp3) is 0.455. The fourth-order valence-corrected chi connectivity index (χ4v) is 4.11. The van der Waals surface area contributed by atoms with Gasteiger partial charge in [0.1, 0.15) is 4.21 Å². The summed E-state index contributed by atoms with van der Waals surface area (Å²) in [5.41, 5.74) is 0. The van der Waals surface area contributed by atoms with Gasteiger partial charge in [0.15, 0.2) is 0 Å². The van der Waals surface area contributed by atoms with E-state index in [0.29, 0.717) is 11.8 Å². The lowest BCUT2D eigenvalue weighted by molar-refractivity contribution is 0.677. The van der Waals surface area contributed by atoms with E-state index in [1.165, 1.54) is 0 Å². The van der Waals surface area contributed by atoms with Gasteiger partial charge in [-0.15, -0.1) is 11.6 Å². The maximum Gasteiger partial charge on any atom is 0.130 e. The summed E-state index contributed by atoms with van der Waals surface area (Å²) in [5.74, 6) is 0.676. The summed E-state index contributed by atoms with van der Waals surface area (Å²) in [7, 11) is -1.08. The molecule has 1 aromatic carbocycles. The molecule has 3 heteroatoms. The molecule has 0 heterocycles. The predicted octanol–water partition coefficient (Wildman–Crippen LogP) is 3.02. The summed E-state index contributed by atoms with van der Waals surface area (Å²) in [6, 6.07) is 9.45. The highest BCUT2D eigenvalue weighted by atomic mass is 35.5. The van der Waals surface area contributed by atoms with Crippen molar-refractivity contribution in [1.29, 1.82) is 0 Å². The van der Waals surface area contributed by atoms with Crippen LogP contribution in [0.5, 0.6) is 0 Å². The SMILES string of the molecule is C[C@@H]1[C@H](C)C1(Cl)[S@@](=O)c1ccccc1. The molecule has 4 atom stereocenters. The van der Waals surface area contributed by atoms with Crippen LogP contribution >= 0.6 is 11.6 Å². The van der Waals surface area contributed by atoms with Crippen LogP contribution in [0.15, 0.2) is 35.2 Å². The number of halogens is 1. The molecule has 1 aromatic rings. The van der Waals surface area contributed by atoms with Gasteiger partial charge in [-0.05, 0) is 24.0 Å². The molecular weight excluding hydrogens is 216 g/mol. The quantitative estimate of drug-likeness (QED) is 0.712. The first-order chi connectivity index (χ1) is 6.58. The third-order valence-electron chi connectivity index (χ3n) is 3.12. The summed E-state index contributed by atoms with van der Waals surface area (Å²) in [4.78, 5) is 0.832. The zero-order valence-corrected chi connectivity index (χ0v) is 9.81. The Kier molecular flexibility index (Phi) is 2.44. The van der Waals surface area contributed by atoms with Crippen LogP contribution in [0.2, 0.25) is 0 Å². The minimum Gasteiger partial charge on any atom is -0.252 e. The highest BCUT2D eigenvalue weighted by Gasteiger charge is 2.63. The minimum absolute atomic E-state index is 0.338. The van der Waals surface area contributed by atoms with E-state index in [0.717, 1.165) is 4.90 Å². The zero-order chi connectivity index (χ0) is 10.3. The highest BCUT2D eigenvalue weighted by Crippen LogP contribution is 2.58. The van der Waals surface area contributed by atoms with Gasteiger partial charge in [0.2, 0.25) is 0 Å². The van der Waals surface area contributed by atoms with E-state index in [4.69, 9.17) is 11.6 Å². The maximum absolute atomic E-state index is 12.1. The summed E-state index contributed by atoms with van der Waals surface area (Å²) in [6.07, 6.45) is 0. The number of hydrogen-bond donors (Lipinski definition) is 0. The lowest BCUT2D eigenvalue weighted by atomic mass is 10.4. The van der Waals surface area contributed by atoms with Crippen molar-refractivity contribution in [3.63, 3.8) is 0 Å². The molecule has 14 heavy (non-hydrogen) atoms. The van der Waals surface area contributed by atoms with Crippen LogP contribution in [-0.4, -0.2) is 8.42 Å². The van der Waals surface area contributed by atoms with Gasteiger partial charge in [-0.3, -0.25) is 4.21 Å². The molecule has 0 aromatic heterocycles. The minimum atomic E-state index is -1.08. The van der Waals surface area contributed by atoms with E-state index >= 15 is 0 Å². The van der Waals surface area contributed by atoms with Gasteiger partial charge < -0.3 is 0 Å². The first kappa shape index (κ1) is 10.2. The molecule has 1 saturated carbocycles. The van der Waals surface area contributed by atoms with Crippen LogP contribution in [0.25, 0.3) is 0 Å². The van der Waals surface area contributed by atoms with E-state index in [-0.39, 0.29) is 0 Å². The van der Waals surface area contributed by atoms with Gasteiger partial charge in [0.25, 0.3) is 0 Å². The maximum atomic E-state index is 12.1. The molecule has 2 rings (SSSR count). The molecule has 1 fully saturated rings. The lowest BCUT2D eigenvalue weighted by Gasteiger charge is -2.08. The second-order valence-corrected chi connectivity index (χ2v) is 6.39. The van der Waals surface area contributed by atoms with Gasteiger partial charge >= 0.3 is 0 Å². The molecule has 1 aliphatic carbocycles. The molecule has 0 saturated heterocycles. The monoisotopic (exact) mass is 228 g/mol. The Labute approximate surface area is 91.9 Å². The Hall–Kier alpha value is -0.340. The summed E-state index contributed by atoms with van der Waals surface area (Å²) < 4.78 is 11.6.